The number of aliphatic carboxylic acids is 1. The smallest absolute Gasteiger partial charge is 0.328 e. The Morgan fingerprint density at radius 3 is 2.36 bits per heavy atom. The van der Waals surface area contributed by atoms with Gasteiger partial charge in [0, 0.05) is 6.08 Å². The first kappa shape index (κ1) is 11.2. The lowest BCUT2D eigenvalue weighted by Crippen LogP contribution is -2.39. The molecule has 0 spiro atoms. The van der Waals surface area contributed by atoms with Gasteiger partial charge in [0.05, 0.1) is 5.60 Å². The van der Waals surface area contributed by atoms with Gasteiger partial charge in [-0.25, -0.2) is 4.79 Å². The van der Waals surface area contributed by atoms with Gasteiger partial charge in [0.2, 0.25) is 0 Å². The van der Waals surface area contributed by atoms with Gasteiger partial charge in [-0.1, -0.05) is 13.8 Å². The molecule has 0 saturated heterocycles. The van der Waals surface area contributed by atoms with E-state index >= 15 is 0 Å². The van der Waals surface area contributed by atoms with E-state index in [0.717, 1.165) is 12.8 Å². The van der Waals surface area contributed by atoms with Gasteiger partial charge < -0.3 is 10.2 Å². The largest absolute Gasteiger partial charge is 0.478 e. The van der Waals surface area contributed by atoms with Gasteiger partial charge in [0.15, 0.2) is 0 Å². The minimum Gasteiger partial charge on any atom is -0.478 e. The normalized spacial score (nSPS) is 34.4. The molecule has 1 saturated carbocycles. The van der Waals surface area contributed by atoms with Crippen molar-refractivity contribution >= 4 is 5.97 Å². The molecule has 2 N–H and O–H groups in total. The monoisotopic (exact) mass is 198 g/mol. The molecule has 1 aliphatic carbocycles. The third-order valence-electron chi connectivity index (χ3n) is 3.04. The lowest BCUT2D eigenvalue weighted by atomic mass is 9.66. The lowest BCUT2D eigenvalue weighted by molar-refractivity contribution is -0.131. The zero-order chi connectivity index (χ0) is 11.0. The van der Waals surface area contributed by atoms with Crippen LogP contribution in [-0.4, -0.2) is 21.8 Å². The van der Waals surface area contributed by atoms with E-state index in [2.05, 4.69) is 0 Å². The molecule has 0 radical (unpaired) electrons. The van der Waals surface area contributed by atoms with Gasteiger partial charge in [-0.2, -0.15) is 0 Å². The third kappa shape index (κ3) is 2.15. The molecular weight excluding hydrogens is 180 g/mol. The van der Waals surface area contributed by atoms with E-state index in [1.54, 1.807) is 6.92 Å². The second kappa shape index (κ2) is 3.39. The molecule has 0 amide bonds. The van der Waals surface area contributed by atoms with Gasteiger partial charge in [-0.3, -0.25) is 0 Å². The Kier molecular flexibility index (Phi) is 2.72. The maximum absolute atomic E-state index is 10.7. The van der Waals surface area contributed by atoms with Crippen LogP contribution in [0.25, 0.3) is 0 Å². The van der Waals surface area contributed by atoms with Crippen molar-refractivity contribution in [3.8, 4) is 0 Å². The third-order valence-corrected chi connectivity index (χ3v) is 3.04. The summed E-state index contributed by atoms with van der Waals surface area (Å²) in [6, 6.07) is 0. The summed E-state index contributed by atoms with van der Waals surface area (Å²) in [6.45, 7) is 5.66. The molecule has 0 aromatic carbocycles. The summed E-state index contributed by atoms with van der Waals surface area (Å²) in [5.41, 5.74) is -0.524. The molecule has 1 atom stereocenters. The molecule has 3 heteroatoms. The van der Waals surface area contributed by atoms with Crippen molar-refractivity contribution < 1.29 is 15.0 Å². The van der Waals surface area contributed by atoms with Crippen molar-refractivity contribution in [3.05, 3.63) is 11.6 Å². The SMILES string of the molecule is CC1(C)CCCC(C)(O)/C1=C\C(=O)O. The van der Waals surface area contributed by atoms with Crippen LogP contribution in [0, 0.1) is 5.41 Å². The molecule has 1 aliphatic rings. The molecule has 1 unspecified atom stereocenters. The Hall–Kier alpha value is -0.830. The summed E-state index contributed by atoms with van der Waals surface area (Å²) in [7, 11) is 0. The number of hydrogen-bond acceptors (Lipinski definition) is 2. The van der Waals surface area contributed by atoms with Crippen LogP contribution < -0.4 is 0 Å². The molecular formula is C11H18O3. The van der Waals surface area contributed by atoms with E-state index in [1.165, 1.54) is 6.08 Å². The van der Waals surface area contributed by atoms with E-state index < -0.39 is 11.6 Å². The van der Waals surface area contributed by atoms with Crippen LogP contribution in [-0.2, 0) is 4.79 Å². The number of carboxylic acids is 1. The highest BCUT2D eigenvalue weighted by molar-refractivity contribution is 5.81. The predicted molar refractivity (Wildman–Crippen MR) is 54.0 cm³/mol. The van der Waals surface area contributed by atoms with E-state index in [9.17, 15) is 9.90 Å². The molecule has 0 aromatic heterocycles. The fourth-order valence-electron chi connectivity index (χ4n) is 2.35. The number of rotatable bonds is 1. The Morgan fingerprint density at radius 2 is 1.93 bits per heavy atom. The van der Waals surface area contributed by atoms with E-state index in [1.807, 2.05) is 13.8 Å². The summed E-state index contributed by atoms with van der Waals surface area (Å²) in [6.07, 6.45) is 3.69. The molecule has 3 nitrogen and oxygen atoms in total. The lowest BCUT2D eigenvalue weighted by Gasteiger charge is -2.42. The first-order valence-corrected chi connectivity index (χ1v) is 4.94. The summed E-state index contributed by atoms with van der Waals surface area (Å²) in [4.78, 5) is 10.7. The van der Waals surface area contributed by atoms with Crippen molar-refractivity contribution in [3.63, 3.8) is 0 Å². The van der Waals surface area contributed by atoms with Crippen molar-refractivity contribution in [2.45, 2.75) is 45.6 Å². The minimum absolute atomic E-state index is 0.208. The van der Waals surface area contributed by atoms with Crippen LogP contribution in [0.15, 0.2) is 11.6 Å². The summed E-state index contributed by atoms with van der Waals surface area (Å²) in [5.74, 6) is -0.977. The van der Waals surface area contributed by atoms with Gasteiger partial charge in [-0.15, -0.1) is 0 Å². The zero-order valence-electron chi connectivity index (χ0n) is 9.00. The Bertz CT molecular complexity index is 256. The fraction of sp³-hybridized carbons (Fsp3) is 0.727. The molecule has 0 bridgehead atoms. The quantitative estimate of drug-likeness (QED) is 0.633. The van der Waals surface area contributed by atoms with Crippen LogP contribution in [0.3, 0.4) is 0 Å². The Morgan fingerprint density at radius 1 is 1.36 bits per heavy atom. The maximum Gasteiger partial charge on any atom is 0.328 e. The second-order valence-electron chi connectivity index (χ2n) is 4.91. The van der Waals surface area contributed by atoms with Crippen molar-refractivity contribution in [1.82, 2.24) is 0 Å². The van der Waals surface area contributed by atoms with Crippen molar-refractivity contribution in [2.24, 2.45) is 5.41 Å². The Balaban J connectivity index is 3.10. The van der Waals surface area contributed by atoms with Crippen LogP contribution in [0.5, 0.6) is 0 Å². The second-order valence-corrected chi connectivity index (χ2v) is 4.91. The van der Waals surface area contributed by atoms with Crippen LogP contribution in [0.2, 0.25) is 0 Å². The predicted octanol–water partition coefficient (Wildman–Crippen LogP) is 1.96. The number of carboxylic acid groups (broad SMARTS) is 1. The topological polar surface area (TPSA) is 57.5 Å². The van der Waals surface area contributed by atoms with E-state index in [0.29, 0.717) is 12.0 Å². The highest BCUT2D eigenvalue weighted by atomic mass is 16.4. The number of hydrogen-bond donors (Lipinski definition) is 2. The number of aliphatic hydroxyl groups is 1. The molecule has 0 heterocycles. The highest BCUT2D eigenvalue weighted by Crippen LogP contribution is 2.45. The standard InChI is InChI=1S/C11H18O3/c1-10(2)5-4-6-11(3,14)8(10)7-9(12)13/h7,14H,4-6H2,1-3H3,(H,12,13)/b8-7-. The zero-order valence-corrected chi connectivity index (χ0v) is 9.00. The molecule has 1 rings (SSSR count). The molecule has 0 aromatic rings. The van der Waals surface area contributed by atoms with E-state index in [4.69, 9.17) is 5.11 Å². The first-order chi connectivity index (χ1) is 6.26. The fourth-order valence-corrected chi connectivity index (χ4v) is 2.35. The summed E-state index contributed by atoms with van der Waals surface area (Å²) in [5, 5.41) is 18.8. The Labute approximate surface area is 84.4 Å². The van der Waals surface area contributed by atoms with Gasteiger partial charge >= 0.3 is 5.97 Å². The van der Waals surface area contributed by atoms with Crippen LogP contribution >= 0.6 is 0 Å². The summed E-state index contributed by atoms with van der Waals surface area (Å²) < 4.78 is 0. The average molecular weight is 198 g/mol. The highest BCUT2D eigenvalue weighted by Gasteiger charge is 2.40. The van der Waals surface area contributed by atoms with Crippen LogP contribution in [0.4, 0.5) is 0 Å². The maximum atomic E-state index is 10.7. The summed E-state index contributed by atoms with van der Waals surface area (Å²) >= 11 is 0. The van der Waals surface area contributed by atoms with Crippen molar-refractivity contribution in [2.75, 3.05) is 0 Å². The first-order valence-electron chi connectivity index (χ1n) is 4.94. The molecule has 14 heavy (non-hydrogen) atoms. The van der Waals surface area contributed by atoms with E-state index in [-0.39, 0.29) is 5.41 Å². The molecule has 80 valence electrons. The number of carbonyl (C=O) groups is 1. The van der Waals surface area contributed by atoms with Gasteiger partial charge in [0.1, 0.15) is 0 Å². The molecule has 1 fully saturated rings. The average Bonchev–Trinajstić information content (AvgIpc) is 1.96. The molecule has 0 aliphatic heterocycles. The van der Waals surface area contributed by atoms with Crippen LogP contribution in [0.1, 0.15) is 40.0 Å². The van der Waals surface area contributed by atoms with Crippen molar-refractivity contribution in [1.29, 1.82) is 0 Å². The minimum atomic E-state index is -0.977. The van der Waals surface area contributed by atoms with Gasteiger partial charge in [-0.05, 0) is 37.2 Å². The van der Waals surface area contributed by atoms with Gasteiger partial charge in [0.25, 0.3) is 0 Å².